The summed E-state index contributed by atoms with van der Waals surface area (Å²) < 4.78 is 6.32. The van der Waals surface area contributed by atoms with Gasteiger partial charge in [0, 0.05) is 0 Å². The molecule has 0 aliphatic carbocycles. The molecule has 128 valence electrons. The van der Waals surface area contributed by atoms with Gasteiger partial charge in [-0.25, -0.2) is 4.98 Å². The molecule has 25 heavy (non-hydrogen) atoms. The number of thiazole rings is 1. The number of nitrogens with zero attached hydrogens (tertiary/aromatic N) is 1. The minimum atomic E-state index is -0.604. The molecule has 6 nitrogen and oxygen atoms in total. The smallest absolute Gasteiger partial charge is 0.261 e. The Hall–Kier alpha value is -2.93. The Balaban J connectivity index is 1.85. The summed E-state index contributed by atoms with van der Waals surface area (Å²) in [6.07, 6.45) is 0. The Labute approximate surface area is 148 Å². The summed E-state index contributed by atoms with van der Waals surface area (Å²) in [5.74, 6) is -0.660. The van der Waals surface area contributed by atoms with E-state index in [2.05, 4.69) is 16.4 Å². The van der Waals surface area contributed by atoms with Gasteiger partial charge in [0.15, 0.2) is 11.7 Å². The van der Waals surface area contributed by atoms with Gasteiger partial charge in [-0.2, -0.15) is 0 Å². The molecule has 7 heteroatoms. The fourth-order valence-corrected chi connectivity index (χ4v) is 3.55. The monoisotopic (exact) mass is 355 g/mol. The molecule has 1 heterocycles. The van der Waals surface area contributed by atoms with Crippen molar-refractivity contribution in [1.29, 1.82) is 0 Å². The standard InChI is InChI=1S/C18H17N3O3S/c1-10-7-11(2)16-14(8-10)25-18(20-16)21-17(23)12-5-3-4-6-13(12)24-9-15(19)22/h3-8H,9H2,1-2H3,(H2,19,22)(H,20,21,23). The van der Waals surface area contributed by atoms with E-state index >= 15 is 0 Å². The second-order valence-electron chi connectivity index (χ2n) is 5.65. The molecule has 0 bridgehead atoms. The Morgan fingerprint density at radius 3 is 2.76 bits per heavy atom. The van der Waals surface area contributed by atoms with Crippen LogP contribution in [0.4, 0.5) is 5.13 Å². The first-order valence-corrected chi connectivity index (χ1v) is 8.45. The number of amides is 2. The third-order valence-corrected chi connectivity index (χ3v) is 4.47. The number of benzene rings is 2. The molecule has 2 amide bonds. The lowest BCUT2D eigenvalue weighted by molar-refractivity contribution is -0.119. The third kappa shape index (κ3) is 3.77. The molecule has 0 atom stereocenters. The van der Waals surface area contributed by atoms with Crippen LogP contribution in [-0.4, -0.2) is 23.4 Å². The van der Waals surface area contributed by atoms with Crippen LogP contribution in [0.3, 0.4) is 0 Å². The normalized spacial score (nSPS) is 10.6. The zero-order valence-corrected chi connectivity index (χ0v) is 14.6. The first-order chi connectivity index (χ1) is 11.9. The van der Waals surface area contributed by atoms with Crippen molar-refractivity contribution < 1.29 is 14.3 Å². The molecule has 0 fully saturated rings. The number of nitrogens with two attached hydrogens (primary N) is 1. The number of carbonyl (C=O) groups is 2. The second kappa shape index (κ2) is 6.90. The van der Waals surface area contributed by atoms with Crippen LogP contribution in [-0.2, 0) is 4.79 Å². The van der Waals surface area contributed by atoms with Crippen LogP contribution in [0, 0.1) is 13.8 Å². The van der Waals surface area contributed by atoms with Crippen molar-refractivity contribution in [3.05, 3.63) is 53.1 Å². The highest BCUT2D eigenvalue weighted by molar-refractivity contribution is 7.22. The number of aromatic nitrogens is 1. The van der Waals surface area contributed by atoms with Crippen LogP contribution in [0.15, 0.2) is 36.4 Å². The topological polar surface area (TPSA) is 94.3 Å². The highest BCUT2D eigenvalue weighted by atomic mass is 32.1. The number of hydrogen-bond acceptors (Lipinski definition) is 5. The van der Waals surface area contributed by atoms with E-state index in [-0.39, 0.29) is 12.5 Å². The SMILES string of the molecule is Cc1cc(C)c2nc(NC(=O)c3ccccc3OCC(N)=O)sc2c1. The fourth-order valence-electron chi connectivity index (χ4n) is 2.52. The molecule has 3 aromatic rings. The minimum absolute atomic E-state index is 0.288. The van der Waals surface area contributed by atoms with Gasteiger partial charge >= 0.3 is 0 Å². The zero-order valence-electron chi connectivity index (χ0n) is 13.8. The van der Waals surface area contributed by atoms with E-state index in [1.165, 1.54) is 11.3 Å². The molecule has 0 aliphatic heterocycles. The summed E-state index contributed by atoms with van der Waals surface area (Å²) in [5, 5.41) is 3.31. The maximum Gasteiger partial charge on any atom is 0.261 e. The number of aryl methyl sites for hydroxylation is 2. The Kier molecular flexibility index (Phi) is 4.67. The van der Waals surface area contributed by atoms with Gasteiger partial charge in [0.1, 0.15) is 5.75 Å². The van der Waals surface area contributed by atoms with Gasteiger partial charge < -0.3 is 10.5 Å². The molecule has 3 N–H and O–H groups in total. The maximum atomic E-state index is 12.6. The van der Waals surface area contributed by atoms with Crippen molar-refractivity contribution in [2.45, 2.75) is 13.8 Å². The Morgan fingerprint density at radius 2 is 2.00 bits per heavy atom. The van der Waals surface area contributed by atoms with Crippen LogP contribution >= 0.6 is 11.3 Å². The number of hydrogen-bond donors (Lipinski definition) is 2. The minimum Gasteiger partial charge on any atom is -0.483 e. The summed E-state index contributed by atoms with van der Waals surface area (Å²) >= 11 is 1.41. The van der Waals surface area contributed by atoms with Crippen molar-refractivity contribution in [2.75, 3.05) is 11.9 Å². The van der Waals surface area contributed by atoms with E-state index in [4.69, 9.17) is 10.5 Å². The third-order valence-electron chi connectivity index (χ3n) is 3.55. The highest BCUT2D eigenvalue weighted by Gasteiger charge is 2.15. The Bertz CT molecular complexity index is 965. The lowest BCUT2D eigenvalue weighted by atomic mass is 10.1. The van der Waals surface area contributed by atoms with Crippen LogP contribution < -0.4 is 15.8 Å². The van der Waals surface area contributed by atoms with Gasteiger partial charge in [-0.15, -0.1) is 0 Å². The van der Waals surface area contributed by atoms with E-state index < -0.39 is 5.91 Å². The van der Waals surface area contributed by atoms with Crippen molar-refractivity contribution in [3.8, 4) is 5.75 Å². The molecule has 0 saturated carbocycles. The van der Waals surface area contributed by atoms with Gasteiger partial charge in [0.25, 0.3) is 11.8 Å². The van der Waals surface area contributed by atoms with Crippen LogP contribution in [0.1, 0.15) is 21.5 Å². The predicted molar refractivity (Wildman–Crippen MR) is 98.2 cm³/mol. The van der Waals surface area contributed by atoms with Crippen molar-refractivity contribution in [3.63, 3.8) is 0 Å². The molecule has 0 radical (unpaired) electrons. The summed E-state index contributed by atoms with van der Waals surface area (Å²) in [4.78, 5) is 28.0. The first-order valence-electron chi connectivity index (χ1n) is 7.63. The number of anilines is 1. The Morgan fingerprint density at radius 1 is 1.24 bits per heavy atom. The number of fused-ring (bicyclic) bond motifs is 1. The highest BCUT2D eigenvalue weighted by Crippen LogP contribution is 2.30. The number of para-hydroxylation sites is 1. The number of nitrogens with one attached hydrogen (secondary N) is 1. The molecule has 1 aromatic heterocycles. The molecule has 0 unspecified atom stereocenters. The quantitative estimate of drug-likeness (QED) is 0.735. The van der Waals surface area contributed by atoms with E-state index in [1.54, 1.807) is 24.3 Å². The largest absolute Gasteiger partial charge is 0.483 e. The van der Waals surface area contributed by atoms with E-state index in [0.29, 0.717) is 16.4 Å². The zero-order chi connectivity index (χ0) is 18.0. The lowest BCUT2D eigenvalue weighted by Gasteiger charge is -2.09. The van der Waals surface area contributed by atoms with Crippen molar-refractivity contribution in [2.24, 2.45) is 5.73 Å². The van der Waals surface area contributed by atoms with E-state index in [1.807, 2.05) is 19.9 Å². The average molecular weight is 355 g/mol. The molecular weight excluding hydrogens is 338 g/mol. The molecule has 0 aliphatic rings. The molecule has 3 rings (SSSR count). The first kappa shape index (κ1) is 16.9. The van der Waals surface area contributed by atoms with Gasteiger partial charge in [0.2, 0.25) is 0 Å². The molecular formula is C18H17N3O3S. The van der Waals surface area contributed by atoms with Crippen molar-refractivity contribution in [1.82, 2.24) is 4.98 Å². The van der Waals surface area contributed by atoms with E-state index in [0.717, 1.165) is 21.3 Å². The molecule has 0 spiro atoms. The summed E-state index contributed by atoms with van der Waals surface area (Å²) in [7, 11) is 0. The van der Waals surface area contributed by atoms with Crippen LogP contribution in [0.25, 0.3) is 10.2 Å². The fraction of sp³-hybridized carbons (Fsp3) is 0.167. The van der Waals surface area contributed by atoms with E-state index in [9.17, 15) is 9.59 Å². The molecule has 0 saturated heterocycles. The van der Waals surface area contributed by atoms with Gasteiger partial charge in [-0.3, -0.25) is 14.9 Å². The maximum absolute atomic E-state index is 12.6. The number of ether oxygens (including phenoxy) is 1. The van der Waals surface area contributed by atoms with Crippen LogP contribution in [0.5, 0.6) is 5.75 Å². The predicted octanol–water partition coefficient (Wildman–Crippen LogP) is 3.03. The summed E-state index contributed by atoms with van der Waals surface area (Å²) in [6.45, 7) is 3.73. The van der Waals surface area contributed by atoms with Gasteiger partial charge in [-0.1, -0.05) is 29.5 Å². The average Bonchev–Trinajstić information content (AvgIpc) is 2.95. The lowest BCUT2D eigenvalue weighted by Crippen LogP contribution is -2.21. The number of primary amides is 1. The molecule has 2 aromatic carbocycles. The summed E-state index contributed by atoms with van der Waals surface area (Å²) in [6, 6.07) is 10.8. The van der Waals surface area contributed by atoms with Crippen molar-refractivity contribution >= 4 is 38.5 Å². The second-order valence-corrected chi connectivity index (χ2v) is 6.68. The van der Waals surface area contributed by atoms with Gasteiger partial charge in [-0.05, 0) is 43.2 Å². The van der Waals surface area contributed by atoms with Gasteiger partial charge in [0.05, 0.1) is 15.8 Å². The summed E-state index contributed by atoms with van der Waals surface area (Å²) in [5.41, 5.74) is 8.50. The van der Waals surface area contributed by atoms with Crippen LogP contribution in [0.2, 0.25) is 0 Å². The number of carbonyl (C=O) groups excluding carboxylic acids is 2. The number of rotatable bonds is 5.